The van der Waals surface area contributed by atoms with Gasteiger partial charge < -0.3 is 16.4 Å². The number of anilines is 3. The molecule has 2 aromatic carbocycles. The van der Waals surface area contributed by atoms with Crippen molar-refractivity contribution >= 4 is 29.2 Å². The molecule has 2 heterocycles. The largest absolute Gasteiger partial charge is 0.382 e. The molecule has 0 aliphatic carbocycles. The fourth-order valence-corrected chi connectivity index (χ4v) is 3.57. The van der Waals surface area contributed by atoms with E-state index in [2.05, 4.69) is 89.9 Å². The number of hydrogen-bond donors (Lipinski definition) is 2. The highest BCUT2D eigenvalue weighted by atomic mass is 15.2. The van der Waals surface area contributed by atoms with Crippen molar-refractivity contribution in [2.75, 3.05) is 16.4 Å². The van der Waals surface area contributed by atoms with Crippen LogP contribution in [0.5, 0.6) is 0 Å². The van der Waals surface area contributed by atoms with E-state index in [0.29, 0.717) is 0 Å². The normalized spacial score (nSPS) is 12.2. The van der Waals surface area contributed by atoms with Gasteiger partial charge in [0.1, 0.15) is 17.5 Å². The number of allylic oxidation sites excluding steroid dienone is 1. The van der Waals surface area contributed by atoms with E-state index in [1.54, 1.807) is 0 Å². The van der Waals surface area contributed by atoms with Crippen LogP contribution in [0.25, 0.3) is 11.8 Å². The Labute approximate surface area is 183 Å². The molecule has 6 heteroatoms. The van der Waals surface area contributed by atoms with Gasteiger partial charge in [-0.1, -0.05) is 56.8 Å². The maximum atomic E-state index is 8.36. The monoisotopic (exact) mass is 410 g/mol. The van der Waals surface area contributed by atoms with Gasteiger partial charge in [-0.25, -0.2) is 4.98 Å². The summed E-state index contributed by atoms with van der Waals surface area (Å²) in [7, 11) is 0. The van der Waals surface area contributed by atoms with E-state index in [9.17, 15) is 0 Å². The van der Waals surface area contributed by atoms with Crippen LogP contribution in [0, 0.1) is 11.3 Å². The number of rotatable bonds is 3. The maximum Gasteiger partial charge on any atom is 0.222 e. The van der Waals surface area contributed by atoms with Gasteiger partial charge in [0.25, 0.3) is 0 Å². The van der Waals surface area contributed by atoms with Crippen molar-refractivity contribution in [3.63, 3.8) is 0 Å². The summed E-state index contributed by atoms with van der Waals surface area (Å²) in [6, 6.07) is 18.9. The third-order valence-corrected chi connectivity index (χ3v) is 5.07. The van der Waals surface area contributed by atoms with Gasteiger partial charge in [0.05, 0.1) is 6.20 Å². The highest BCUT2D eigenvalue weighted by molar-refractivity contribution is 5.92. The topological polar surface area (TPSA) is 105 Å². The molecule has 0 fully saturated rings. The van der Waals surface area contributed by atoms with Crippen LogP contribution in [0.3, 0.4) is 0 Å². The fourth-order valence-electron chi connectivity index (χ4n) is 3.57. The number of fused-ring (bicyclic) bond motifs is 1. The predicted molar refractivity (Wildman–Crippen MR) is 128 cm³/mol. The van der Waals surface area contributed by atoms with Crippen LogP contribution >= 0.6 is 0 Å². The molecule has 0 atom stereocenters. The molecule has 6 nitrogen and oxygen atoms in total. The molecule has 4 N–H and O–H groups in total. The summed E-state index contributed by atoms with van der Waals surface area (Å²) in [4.78, 5) is 9.43. The van der Waals surface area contributed by atoms with Crippen molar-refractivity contribution in [3.8, 4) is 6.07 Å². The quantitative estimate of drug-likeness (QED) is 0.629. The molecule has 0 radical (unpaired) electrons. The summed E-state index contributed by atoms with van der Waals surface area (Å²) < 4.78 is 0. The first-order valence-corrected chi connectivity index (χ1v) is 10.1. The summed E-state index contributed by atoms with van der Waals surface area (Å²) >= 11 is 0. The van der Waals surface area contributed by atoms with E-state index in [1.807, 2.05) is 6.07 Å². The average molecular weight is 411 g/mol. The minimum absolute atomic E-state index is 0.0801. The summed E-state index contributed by atoms with van der Waals surface area (Å²) in [6.07, 6.45) is 5.61. The van der Waals surface area contributed by atoms with Gasteiger partial charge >= 0.3 is 0 Å². The molecular weight excluding hydrogens is 384 g/mol. The van der Waals surface area contributed by atoms with Crippen LogP contribution < -0.4 is 16.4 Å². The number of nitrogens with zero attached hydrogens (tertiary/aromatic N) is 4. The van der Waals surface area contributed by atoms with Crippen molar-refractivity contribution in [2.24, 2.45) is 0 Å². The van der Waals surface area contributed by atoms with Gasteiger partial charge in [0.15, 0.2) is 0 Å². The smallest absolute Gasteiger partial charge is 0.222 e. The molecule has 0 amide bonds. The number of nitriles is 1. The lowest BCUT2D eigenvalue weighted by Crippen LogP contribution is -2.24. The molecule has 1 aliphatic rings. The lowest BCUT2D eigenvalue weighted by atomic mass is 9.91. The first kappa shape index (κ1) is 21.6. The Morgan fingerprint density at radius 3 is 2.39 bits per heavy atom. The van der Waals surface area contributed by atoms with E-state index < -0.39 is 0 Å². The molecule has 1 aliphatic heterocycles. The second kappa shape index (κ2) is 9.59. The van der Waals surface area contributed by atoms with Gasteiger partial charge in [-0.15, -0.1) is 0 Å². The van der Waals surface area contributed by atoms with E-state index in [0.717, 1.165) is 18.5 Å². The first-order chi connectivity index (χ1) is 15.0. The number of aromatic nitrogens is 2. The van der Waals surface area contributed by atoms with E-state index >= 15 is 0 Å². The van der Waals surface area contributed by atoms with Crippen LogP contribution in [-0.2, 0) is 6.42 Å². The summed E-state index contributed by atoms with van der Waals surface area (Å²) in [6.45, 7) is 8.81. The molecule has 0 bridgehead atoms. The molecule has 0 unspecified atom stereocenters. The molecule has 0 spiro atoms. The Balaban J connectivity index is 0.000000229. The molecule has 4 rings (SSSR count). The number of nitrogen functional groups attached to an aromatic ring is 2. The molecule has 0 saturated carbocycles. The van der Waals surface area contributed by atoms with Crippen molar-refractivity contribution in [2.45, 2.75) is 26.7 Å². The Morgan fingerprint density at radius 1 is 1.03 bits per heavy atom. The third-order valence-electron chi connectivity index (χ3n) is 5.07. The minimum atomic E-state index is 0.0801. The Kier molecular flexibility index (Phi) is 6.68. The van der Waals surface area contributed by atoms with Crippen molar-refractivity contribution in [1.82, 2.24) is 9.97 Å². The van der Waals surface area contributed by atoms with Crippen molar-refractivity contribution in [1.29, 1.82) is 5.26 Å². The second-order valence-corrected chi connectivity index (χ2v) is 6.98. The summed E-state index contributed by atoms with van der Waals surface area (Å²) in [5, 5.41) is 8.36. The lowest BCUT2D eigenvalue weighted by molar-refractivity contribution is 1.01. The Hall–Kier alpha value is -4.11. The molecule has 156 valence electrons. The highest BCUT2D eigenvalue weighted by Crippen LogP contribution is 2.39. The van der Waals surface area contributed by atoms with Crippen LogP contribution in [0.1, 0.15) is 42.5 Å². The molecular formula is C25H26N6. The van der Waals surface area contributed by atoms with E-state index in [1.165, 1.54) is 34.3 Å². The summed E-state index contributed by atoms with van der Waals surface area (Å²) in [5.74, 6) is 0.200. The van der Waals surface area contributed by atoms with Crippen LogP contribution in [0.4, 0.5) is 17.5 Å². The summed E-state index contributed by atoms with van der Waals surface area (Å²) in [5.41, 5.74) is 18.2. The second-order valence-electron chi connectivity index (χ2n) is 6.98. The van der Waals surface area contributed by atoms with E-state index in [4.69, 9.17) is 16.7 Å². The standard InChI is InChI=1S/C20H21N.C5H5N5/c1-4-16-10-9-11-17-14-18(5-2)21(15(3)20(16)17)19-12-7-6-8-13-19;6-1-3-2-9-5(8)10-4(3)7/h6-14H,3-5H2,1-2H3;2H,(H4,7,8,9,10). The van der Waals surface area contributed by atoms with E-state index in [-0.39, 0.29) is 17.3 Å². The average Bonchev–Trinajstić information content (AvgIpc) is 2.79. The Morgan fingerprint density at radius 2 is 1.77 bits per heavy atom. The van der Waals surface area contributed by atoms with Crippen LogP contribution in [0.2, 0.25) is 0 Å². The zero-order valence-corrected chi connectivity index (χ0v) is 17.8. The highest BCUT2D eigenvalue weighted by Gasteiger charge is 2.23. The SMILES string of the molecule is C=C1c2c(cccc2CC)C=C(CC)N1c1ccccc1.N#Cc1cnc(N)nc1N. The van der Waals surface area contributed by atoms with Gasteiger partial charge in [0.2, 0.25) is 5.95 Å². The van der Waals surface area contributed by atoms with Gasteiger partial charge in [-0.2, -0.15) is 10.2 Å². The molecule has 3 aromatic rings. The fraction of sp³-hybridized carbons (Fsp3) is 0.160. The zero-order chi connectivity index (χ0) is 22.4. The first-order valence-electron chi connectivity index (χ1n) is 10.1. The minimum Gasteiger partial charge on any atom is -0.382 e. The predicted octanol–water partition coefficient (Wildman–Crippen LogP) is 5.00. The van der Waals surface area contributed by atoms with Gasteiger partial charge in [0, 0.05) is 22.6 Å². The number of nitrogens with two attached hydrogens (primary N) is 2. The number of para-hydroxylation sites is 1. The maximum absolute atomic E-state index is 8.36. The van der Waals surface area contributed by atoms with Crippen molar-refractivity contribution in [3.05, 3.63) is 89.3 Å². The third kappa shape index (κ3) is 4.57. The van der Waals surface area contributed by atoms with Gasteiger partial charge in [-0.3, -0.25) is 0 Å². The molecule has 0 saturated heterocycles. The van der Waals surface area contributed by atoms with Gasteiger partial charge in [-0.05, 0) is 42.2 Å². The molecule has 1 aromatic heterocycles. The molecule has 31 heavy (non-hydrogen) atoms. The number of aryl methyl sites for hydroxylation is 1. The van der Waals surface area contributed by atoms with Crippen molar-refractivity contribution < 1.29 is 0 Å². The van der Waals surface area contributed by atoms with Crippen LogP contribution in [-0.4, -0.2) is 9.97 Å². The number of benzene rings is 2. The lowest BCUT2D eigenvalue weighted by Gasteiger charge is -2.34. The number of hydrogen-bond acceptors (Lipinski definition) is 6. The Bertz CT molecular complexity index is 1160. The zero-order valence-electron chi connectivity index (χ0n) is 17.8. The van der Waals surface area contributed by atoms with Crippen LogP contribution in [0.15, 0.2) is 67.0 Å².